The van der Waals surface area contributed by atoms with Gasteiger partial charge in [0.15, 0.2) is 0 Å². The van der Waals surface area contributed by atoms with Gasteiger partial charge < -0.3 is 4.74 Å². The van der Waals surface area contributed by atoms with E-state index in [1.165, 1.54) is 12.1 Å². The molecule has 2 aromatic carbocycles. The minimum absolute atomic E-state index is 0.211. The van der Waals surface area contributed by atoms with Crippen LogP contribution in [0.2, 0.25) is 0 Å². The topological polar surface area (TPSA) is 9.23 Å². The number of benzene rings is 2. The van der Waals surface area contributed by atoms with Crippen LogP contribution in [0.1, 0.15) is 0 Å². The summed E-state index contributed by atoms with van der Waals surface area (Å²) >= 11 is 0. The van der Waals surface area contributed by atoms with Crippen molar-refractivity contribution in [3.63, 3.8) is 0 Å². The van der Waals surface area contributed by atoms with Gasteiger partial charge in [-0.05, 0) is 23.3 Å². The first kappa shape index (κ1) is 11.5. The predicted molar refractivity (Wildman–Crippen MR) is 58.6 cm³/mol. The highest BCUT2D eigenvalue weighted by molar-refractivity contribution is 5.63. The molecule has 0 unspecified atom stereocenters. The highest BCUT2D eigenvalue weighted by Gasteiger charge is 2.30. The van der Waals surface area contributed by atoms with Crippen molar-refractivity contribution in [1.29, 1.82) is 0 Å². The van der Waals surface area contributed by atoms with Gasteiger partial charge in [-0.3, -0.25) is 0 Å². The van der Waals surface area contributed by atoms with Crippen LogP contribution in [0.3, 0.4) is 0 Å². The van der Waals surface area contributed by atoms with Crippen molar-refractivity contribution in [2.75, 3.05) is 0 Å². The first-order valence-corrected chi connectivity index (χ1v) is 4.96. The SMILES string of the molecule is FC(F)([18F])Oc1ccc(-c2ccccc2)cc1. The molecule has 17 heavy (non-hydrogen) atoms. The van der Waals surface area contributed by atoms with Crippen LogP contribution < -0.4 is 4.74 Å². The molecule has 0 saturated carbocycles. The van der Waals surface area contributed by atoms with Crippen LogP contribution in [-0.2, 0) is 0 Å². The first-order valence-electron chi connectivity index (χ1n) is 4.96. The lowest BCUT2D eigenvalue weighted by atomic mass is 10.1. The molecule has 4 heteroatoms. The highest BCUT2D eigenvalue weighted by atomic mass is 19.3. The smallest absolute Gasteiger partial charge is 0.406 e. The van der Waals surface area contributed by atoms with E-state index < -0.39 is 6.36 Å². The number of hydrogen-bond donors (Lipinski definition) is 0. The normalized spacial score (nSPS) is 11.2. The third-order valence-electron chi connectivity index (χ3n) is 2.20. The zero-order valence-electron chi connectivity index (χ0n) is 8.74. The maximum atomic E-state index is 11.9. The van der Waals surface area contributed by atoms with Gasteiger partial charge in [0, 0.05) is 0 Å². The van der Waals surface area contributed by atoms with Gasteiger partial charge in [0.05, 0.1) is 0 Å². The molecule has 0 heterocycles. The number of alkyl halides is 3. The average molecular weight is 237 g/mol. The molecule has 0 aliphatic rings. The van der Waals surface area contributed by atoms with Crippen LogP contribution in [0.25, 0.3) is 11.1 Å². The van der Waals surface area contributed by atoms with Crippen molar-refractivity contribution >= 4 is 0 Å². The quantitative estimate of drug-likeness (QED) is 0.758. The lowest BCUT2D eigenvalue weighted by Crippen LogP contribution is -2.16. The van der Waals surface area contributed by atoms with Crippen LogP contribution in [0.4, 0.5) is 13.2 Å². The van der Waals surface area contributed by atoms with E-state index in [2.05, 4.69) is 4.74 Å². The summed E-state index contributed by atoms with van der Waals surface area (Å²) in [5.41, 5.74) is 1.80. The van der Waals surface area contributed by atoms with Gasteiger partial charge >= 0.3 is 6.36 Å². The summed E-state index contributed by atoms with van der Waals surface area (Å²) in [7, 11) is 0. The second-order valence-electron chi connectivity index (χ2n) is 3.44. The number of hydrogen-bond acceptors (Lipinski definition) is 1. The van der Waals surface area contributed by atoms with Crippen LogP contribution in [0.15, 0.2) is 54.6 Å². The lowest BCUT2D eigenvalue weighted by molar-refractivity contribution is -0.274. The Hall–Kier alpha value is -1.97. The Bertz CT molecular complexity index is 474. The molecular formula is C13H9F3O. The van der Waals surface area contributed by atoms with Crippen LogP contribution in [-0.4, -0.2) is 6.36 Å². The molecule has 0 aromatic heterocycles. The molecule has 2 aromatic rings. The summed E-state index contributed by atoms with van der Waals surface area (Å²) in [4.78, 5) is 0. The zero-order chi connectivity index (χ0) is 12.3. The molecule has 0 aliphatic heterocycles. The third-order valence-corrected chi connectivity index (χ3v) is 2.20. The molecule has 0 saturated heterocycles. The van der Waals surface area contributed by atoms with E-state index in [9.17, 15) is 13.2 Å². The van der Waals surface area contributed by atoms with Crippen molar-refractivity contribution in [1.82, 2.24) is 0 Å². The van der Waals surface area contributed by atoms with E-state index in [4.69, 9.17) is 0 Å². The standard InChI is InChI=1S/C13H9F3O/c14-13(15,16)17-12-8-6-11(7-9-12)10-4-2-1-3-5-10/h1-9H/i14-1. The van der Waals surface area contributed by atoms with Gasteiger partial charge in [-0.25, -0.2) is 0 Å². The fourth-order valence-corrected chi connectivity index (χ4v) is 1.48. The van der Waals surface area contributed by atoms with E-state index in [1.807, 2.05) is 30.3 Å². The number of rotatable bonds is 2. The maximum absolute atomic E-state index is 11.9. The van der Waals surface area contributed by atoms with E-state index in [0.29, 0.717) is 0 Å². The highest BCUT2D eigenvalue weighted by Crippen LogP contribution is 2.26. The van der Waals surface area contributed by atoms with Crippen molar-refractivity contribution in [2.24, 2.45) is 0 Å². The third kappa shape index (κ3) is 3.24. The summed E-state index contributed by atoms with van der Waals surface area (Å²) in [6, 6.07) is 15.2. The minimum Gasteiger partial charge on any atom is -0.406 e. The largest absolute Gasteiger partial charge is 0.573 e. The molecule has 0 radical (unpaired) electrons. The number of ether oxygens (including phenoxy) is 1. The molecule has 0 spiro atoms. The average Bonchev–Trinajstić information content (AvgIpc) is 2.29. The van der Waals surface area contributed by atoms with Gasteiger partial charge in [0.25, 0.3) is 0 Å². The summed E-state index contributed by atoms with van der Waals surface area (Å²) in [5.74, 6) is -0.211. The molecule has 0 bridgehead atoms. The van der Waals surface area contributed by atoms with Crippen molar-refractivity contribution in [2.45, 2.75) is 6.36 Å². The van der Waals surface area contributed by atoms with Crippen LogP contribution in [0.5, 0.6) is 5.75 Å². The van der Waals surface area contributed by atoms with E-state index in [0.717, 1.165) is 11.1 Å². The second kappa shape index (κ2) is 4.49. The summed E-state index contributed by atoms with van der Waals surface area (Å²) in [6.45, 7) is 0. The Morgan fingerprint density at radius 2 is 1.24 bits per heavy atom. The summed E-state index contributed by atoms with van der Waals surface area (Å²) in [5, 5.41) is 0. The molecule has 2 rings (SSSR count). The first-order chi connectivity index (χ1) is 8.04. The van der Waals surface area contributed by atoms with Crippen LogP contribution >= 0.6 is 0 Å². The molecule has 0 N–H and O–H groups in total. The Kier molecular flexibility index (Phi) is 3.04. The van der Waals surface area contributed by atoms with Crippen molar-refractivity contribution in [3.05, 3.63) is 54.6 Å². The van der Waals surface area contributed by atoms with Gasteiger partial charge in [0.1, 0.15) is 5.75 Å². The number of halogens is 3. The minimum atomic E-state index is -4.64. The Morgan fingerprint density at radius 3 is 1.76 bits per heavy atom. The van der Waals surface area contributed by atoms with E-state index in [-0.39, 0.29) is 5.75 Å². The predicted octanol–water partition coefficient (Wildman–Crippen LogP) is 4.25. The van der Waals surface area contributed by atoms with Gasteiger partial charge in [-0.15, -0.1) is 13.2 Å². The Balaban J connectivity index is 2.19. The second-order valence-corrected chi connectivity index (χ2v) is 3.44. The zero-order valence-corrected chi connectivity index (χ0v) is 8.74. The summed E-state index contributed by atoms with van der Waals surface area (Å²) in [6.07, 6.45) is -4.64. The van der Waals surface area contributed by atoms with Gasteiger partial charge in [-0.2, -0.15) is 0 Å². The van der Waals surface area contributed by atoms with Gasteiger partial charge in [-0.1, -0.05) is 42.5 Å². The van der Waals surface area contributed by atoms with E-state index in [1.54, 1.807) is 12.1 Å². The molecule has 88 valence electrons. The van der Waals surface area contributed by atoms with E-state index >= 15 is 0 Å². The molecular weight excluding hydrogens is 228 g/mol. The molecule has 1 nitrogen and oxygen atoms in total. The molecule has 0 amide bonds. The Morgan fingerprint density at radius 1 is 0.706 bits per heavy atom. The molecule has 0 atom stereocenters. The van der Waals surface area contributed by atoms with Crippen LogP contribution in [0, 0.1) is 0 Å². The van der Waals surface area contributed by atoms with Gasteiger partial charge in [0.2, 0.25) is 0 Å². The lowest BCUT2D eigenvalue weighted by Gasteiger charge is -2.09. The fraction of sp³-hybridized carbons (Fsp3) is 0.0769. The molecule has 0 fully saturated rings. The summed E-state index contributed by atoms with van der Waals surface area (Å²) < 4.78 is 39.6. The maximum Gasteiger partial charge on any atom is 0.573 e. The Labute approximate surface area is 96.5 Å². The van der Waals surface area contributed by atoms with Crippen molar-refractivity contribution in [3.8, 4) is 16.9 Å². The van der Waals surface area contributed by atoms with Crippen molar-refractivity contribution < 1.29 is 17.9 Å². The fourth-order valence-electron chi connectivity index (χ4n) is 1.48. The molecule has 0 aliphatic carbocycles. The monoisotopic (exact) mass is 237 g/mol.